The minimum Gasteiger partial charge on any atom is -0.380 e. The molecule has 180 valence electrons. The summed E-state index contributed by atoms with van der Waals surface area (Å²) < 4.78 is 7.34. The maximum atomic E-state index is 13.2. The Balaban J connectivity index is 1.31. The highest BCUT2D eigenvalue weighted by Gasteiger charge is 2.41. The molecule has 0 aromatic carbocycles. The molecule has 12 nitrogen and oxygen atoms in total. The molecule has 0 unspecified atom stereocenters. The summed E-state index contributed by atoms with van der Waals surface area (Å²) in [7, 11) is 1.64. The number of hydrogen-bond donors (Lipinski definition) is 3. The second-order valence-electron chi connectivity index (χ2n) is 9.29. The molecule has 2 aliphatic rings. The third-order valence-electron chi connectivity index (χ3n) is 6.82. The molecule has 12 heteroatoms. The highest BCUT2D eigenvalue weighted by atomic mass is 16.5. The van der Waals surface area contributed by atoms with Gasteiger partial charge >= 0.3 is 0 Å². The summed E-state index contributed by atoms with van der Waals surface area (Å²) >= 11 is 0. The van der Waals surface area contributed by atoms with Gasteiger partial charge in [0.2, 0.25) is 11.9 Å². The number of aromatic amines is 1. The fourth-order valence-corrected chi connectivity index (χ4v) is 4.42. The average Bonchev–Trinajstić information content (AvgIpc) is 3.28. The Morgan fingerprint density at radius 2 is 2.17 bits per heavy atom. The van der Waals surface area contributed by atoms with Crippen LogP contribution in [0.15, 0.2) is 43.0 Å². The zero-order valence-corrected chi connectivity index (χ0v) is 19.5. The van der Waals surface area contributed by atoms with E-state index >= 15 is 0 Å². The first-order chi connectivity index (χ1) is 17.0. The number of carbonyl (C=O) groups excluding carboxylic acids is 1. The molecule has 35 heavy (non-hydrogen) atoms. The van der Waals surface area contributed by atoms with Crippen LogP contribution in [0.25, 0.3) is 5.52 Å². The van der Waals surface area contributed by atoms with E-state index < -0.39 is 6.04 Å². The fourth-order valence-electron chi connectivity index (χ4n) is 4.42. The van der Waals surface area contributed by atoms with E-state index in [-0.39, 0.29) is 17.4 Å². The zero-order chi connectivity index (χ0) is 24.0. The van der Waals surface area contributed by atoms with Gasteiger partial charge in [-0.15, -0.1) is 5.10 Å². The molecule has 2 atom stereocenters. The first-order valence-electron chi connectivity index (χ1n) is 11.6. The van der Waals surface area contributed by atoms with E-state index in [4.69, 9.17) is 9.72 Å². The van der Waals surface area contributed by atoms with Gasteiger partial charge in [0.05, 0.1) is 12.3 Å². The molecule has 0 bridgehead atoms. The molecule has 1 amide bonds. The second-order valence-corrected chi connectivity index (χ2v) is 9.29. The number of carbonyl (C=O) groups is 1. The van der Waals surface area contributed by atoms with Crippen LogP contribution in [0.4, 0.5) is 23.4 Å². The minimum atomic E-state index is -0.533. The predicted octanol–water partition coefficient (Wildman–Crippen LogP) is 2.27. The van der Waals surface area contributed by atoms with Gasteiger partial charge < -0.3 is 20.3 Å². The van der Waals surface area contributed by atoms with Crippen molar-refractivity contribution in [2.24, 2.45) is 0 Å². The third-order valence-corrected chi connectivity index (χ3v) is 6.82. The molecule has 6 rings (SSSR count). The average molecular weight is 475 g/mol. The Labute approximate surface area is 201 Å². The van der Waals surface area contributed by atoms with Gasteiger partial charge in [-0.1, -0.05) is 6.92 Å². The Kier molecular flexibility index (Phi) is 5.10. The van der Waals surface area contributed by atoms with Crippen molar-refractivity contribution in [2.75, 3.05) is 29.2 Å². The molecule has 5 heterocycles. The van der Waals surface area contributed by atoms with E-state index in [1.807, 2.05) is 29.3 Å². The maximum absolute atomic E-state index is 13.2. The van der Waals surface area contributed by atoms with Crippen molar-refractivity contribution in [2.45, 2.75) is 43.7 Å². The van der Waals surface area contributed by atoms with E-state index in [1.54, 1.807) is 17.8 Å². The van der Waals surface area contributed by atoms with Gasteiger partial charge in [0, 0.05) is 55.8 Å². The van der Waals surface area contributed by atoms with Crippen molar-refractivity contribution >= 4 is 34.8 Å². The molecule has 1 aliphatic heterocycles. The Hall–Kier alpha value is -4.06. The van der Waals surface area contributed by atoms with Crippen molar-refractivity contribution in [1.29, 1.82) is 0 Å². The lowest BCUT2D eigenvalue weighted by Crippen LogP contribution is -2.41. The molecular formula is C23H26N10O2. The van der Waals surface area contributed by atoms with E-state index in [1.165, 1.54) is 12.4 Å². The number of nitrogens with zero attached hydrogens (tertiary/aromatic N) is 7. The summed E-state index contributed by atoms with van der Waals surface area (Å²) in [6.07, 6.45) is 9.12. The minimum absolute atomic E-state index is 0.138. The largest absolute Gasteiger partial charge is 0.380 e. The first kappa shape index (κ1) is 21.5. The topological polar surface area (TPSA) is 138 Å². The fraction of sp³-hybridized carbons (Fsp3) is 0.391. The number of H-pyrrole nitrogens is 1. The summed E-state index contributed by atoms with van der Waals surface area (Å²) in [5, 5.41) is 18.4. The van der Waals surface area contributed by atoms with Crippen LogP contribution in [-0.2, 0) is 14.9 Å². The van der Waals surface area contributed by atoms with Gasteiger partial charge in [0.1, 0.15) is 11.6 Å². The predicted molar refractivity (Wildman–Crippen MR) is 129 cm³/mol. The lowest BCUT2D eigenvalue weighted by Gasteiger charge is -2.24. The third kappa shape index (κ3) is 4.05. The quantitative estimate of drug-likeness (QED) is 0.368. The van der Waals surface area contributed by atoms with Gasteiger partial charge in [-0.3, -0.25) is 14.9 Å². The number of anilines is 4. The molecule has 2 fully saturated rings. The van der Waals surface area contributed by atoms with Gasteiger partial charge in [0.15, 0.2) is 17.5 Å². The number of methoxy groups -OCH3 is 1. The van der Waals surface area contributed by atoms with Crippen LogP contribution < -0.4 is 15.5 Å². The number of aromatic nitrogens is 7. The SMILES string of the molecule is CO[C@@H]1C[C@@H](C(=O)Nc2cnccn2)N(c2nc(Nc3cc(C4(C)CC4)[nH]n3)c3cccn3n2)C1. The van der Waals surface area contributed by atoms with Crippen LogP contribution in [-0.4, -0.2) is 66.5 Å². The molecule has 3 N–H and O–H groups in total. The van der Waals surface area contributed by atoms with Crippen molar-refractivity contribution in [3.05, 3.63) is 48.7 Å². The van der Waals surface area contributed by atoms with Crippen LogP contribution in [0.2, 0.25) is 0 Å². The Morgan fingerprint density at radius 1 is 1.29 bits per heavy atom. The summed E-state index contributed by atoms with van der Waals surface area (Å²) in [5.41, 5.74) is 2.10. The van der Waals surface area contributed by atoms with E-state index in [0.717, 1.165) is 24.1 Å². The number of nitrogens with one attached hydrogen (secondary N) is 3. The Morgan fingerprint density at radius 3 is 2.94 bits per heavy atom. The van der Waals surface area contributed by atoms with E-state index in [2.05, 4.69) is 42.8 Å². The van der Waals surface area contributed by atoms with Gasteiger partial charge in [-0.2, -0.15) is 10.1 Å². The normalized spacial score (nSPS) is 20.8. The molecule has 1 saturated carbocycles. The van der Waals surface area contributed by atoms with Crippen LogP contribution in [0, 0.1) is 0 Å². The highest BCUT2D eigenvalue weighted by molar-refractivity contribution is 5.96. The molecular weight excluding hydrogens is 448 g/mol. The summed E-state index contributed by atoms with van der Waals surface area (Å²) in [5.74, 6) is 1.88. The lowest BCUT2D eigenvalue weighted by molar-refractivity contribution is -0.117. The standard InChI is InChI=1S/C23H26N10O2/c1-23(5-6-23)17-11-18(30-29-17)26-20-15-4-3-9-33(15)31-22(28-20)32-13-14(35-2)10-16(32)21(34)27-19-12-24-7-8-25-19/h3-4,7-9,11-12,14,16H,5-6,10,13H2,1-2H3,(H,25,27,34)(H2,26,28,29,30,31)/t14-,16+/m1/s1. The van der Waals surface area contributed by atoms with Crippen LogP contribution in [0.1, 0.15) is 31.9 Å². The van der Waals surface area contributed by atoms with Gasteiger partial charge in [0.25, 0.3) is 0 Å². The van der Waals surface area contributed by atoms with Crippen molar-refractivity contribution < 1.29 is 9.53 Å². The second kappa shape index (κ2) is 8.31. The molecule has 4 aromatic heterocycles. The number of rotatable bonds is 7. The van der Waals surface area contributed by atoms with E-state index in [0.29, 0.717) is 36.4 Å². The van der Waals surface area contributed by atoms with E-state index in [9.17, 15) is 4.79 Å². The van der Waals surface area contributed by atoms with Crippen molar-refractivity contribution in [3.8, 4) is 0 Å². The molecule has 1 aliphatic carbocycles. The van der Waals surface area contributed by atoms with Crippen LogP contribution >= 0.6 is 0 Å². The number of hydrogen-bond acceptors (Lipinski definition) is 9. The van der Waals surface area contributed by atoms with Crippen LogP contribution in [0.5, 0.6) is 0 Å². The molecule has 0 radical (unpaired) electrons. The van der Waals surface area contributed by atoms with Crippen LogP contribution in [0.3, 0.4) is 0 Å². The smallest absolute Gasteiger partial charge is 0.248 e. The van der Waals surface area contributed by atoms with Gasteiger partial charge in [-0.25, -0.2) is 9.50 Å². The van der Waals surface area contributed by atoms with Gasteiger partial charge in [-0.05, 0) is 25.0 Å². The highest BCUT2D eigenvalue weighted by Crippen LogP contribution is 2.47. The summed E-state index contributed by atoms with van der Waals surface area (Å²) in [6, 6.07) is 5.33. The summed E-state index contributed by atoms with van der Waals surface area (Å²) in [6.45, 7) is 2.70. The zero-order valence-electron chi connectivity index (χ0n) is 19.5. The lowest BCUT2D eigenvalue weighted by atomic mass is 10.1. The first-order valence-corrected chi connectivity index (χ1v) is 11.6. The maximum Gasteiger partial charge on any atom is 0.248 e. The number of ether oxygens (including phenoxy) is 1. The van der Waals surface area contributed by atoms with Crippen molar-refractivity contribution in [3.63, 3.8) is 0 Å². The molecule has 0 spiro atoms. The number of fused-ring (bicyclic) bond motifs is 1. The molecule has 1 saturated heterocycles. The monoisotopic (exact) mass is 474 g/mol. The molecule has 4 aromatic rings. The van der Waals surface area contributed by atoms with Crippen molar-refractivity contribution in [1.82, 2.24) is 34.8 Å². The summed E-state index contributed by atoms with van der Waals surface area (Å²) in [4.78, 5) is 28.0. The number of amides is 1. The Bertz CT molecular complexity index is 1360.